The number of urea groups is 1. The number of carbonyl (C=O) groups excluding carboxylic acids is 7. The number of rotatable bonds is 34. The largest absolute Gasteiger partial charge is 0.481 e. The lowest BCUT2D eigenvalue weighted by atomic mass is 9.39. The second kappa shape index (κ2) is 31.6. The van der Waals surface area contributed by atoms with Gasteiger partial charge in [0, 0.05) is 99.9 Å². The van der Waals surface area contributed by atoms with E-state index in [1.54, 1.807) is 55.6 Å². The number of aromatic nitrogens is 4. The van der Waals surface area contributed by atoms with E-state index in [2.05, 4.69) is 69.6 Å². The number of ether oxygens (including phenoxy) is 2. The fourth-order valence-corrected chi connectivity index (χ4v) is 17.8. The van der Waals surface area contributed by atoms with Crippen LogP contribution >= 0.6 is 11.3 Å². The summed E-state index contributed by atoms with van der Waals surface area (Å²) in [6.45, 7) is 13.3. The molecule has 4 saturated carbocycles. The van der Waals surface area contributed by atoms with Crippen molar-refractivity contribution < 1.29 is 62.8 Å². The maximum atomic E-state index is 14.0. The molecule has 4 aliphatic carbocycles. The maximum Gasteiger partial charge on any atom is 0.410 e. The van der Waals surface area contributed by atoms with E-state index in [0.29, 0.717) is 73.6 Å². The molecule has 4 atom stereocenters. The normalized spacial score (nSPS) is 20.8. The van der Waals surface area contributed by atoms with Gasteiger partial charge in [0.15, 0.2) is 10.8 Å². The monoisotopic (exact) mass is 1420 g/mol. The molecule has 4 fully saturated rings. The molecule has 4 bridgehead atoms. The van der Waals surface area contributed by atoms with Crippen LogP contribution in [0.3, 0.4) is 0 Å². The van der Waals surface area contributed by atoms with Gasteiger partial charge in [-0.1, -0.05) is 87.9 Å². The van der Waals surface area contributed by atoms with Crippen molar-refractivity contribution in [3.05, 3.63) is 131 Å². The summed E-state index contributed by atoms with van der Waals surface area (Å²) >= 11 is 1.62. The van der Waals surface area contributed by atoms with Crippen LogP contribution in [0.15, 0.2) is 97.2 Å². The molecule has 3 aromatic carbocycles. The number of aliphatic carboxylic acids is 1. The van der Waals surface area contributed by atoms with E-state index in [0.717, 1.165) is 76.5 Å². The Morgan fingerprint density at radius 3 is 2.25 bits per heavy atom. The second-order valence-corrected chi connectivity index (χ2v) is 30.5. The summed E-state index contributed by atoms with van der Waals surface area (Å²) in [4.78, 5) is 129. The van der Waals surface area contributed by atoms with Crippen molar-refractivity contribution >= 4 is 91.8 Å². The number of amides is 8. The summed E-state index contributed by atoms with van der Waals surface area (Å²) < 4.78 is 16.1. The number of carboxylic acids is 2. The van der Waals surface area contributed by atoms with Crippen molar-refractivity contribution in [2.45, 2.75) is 175 Å². The summed E-state index contributed by atoms with van der Waals surface area (Å²) in [7, 11) is 0. The van der Waals surface area contributed by atoms with Crippen molar-refractivity contribution in [3.63, 3.8) is 0 Å². The van der Waals surface area contributed by atoms with Gasteiger partial charge >= 0.3 is 24.1 Å². The number of nitrogens with one attached hydrogen (secondary N) is 5. The first-order valence-corrected chi connectivity index (χ1v) is 36.1. The second-order valence-electron chi connectivity index (χ2n) is 29.4. The molecule has 3 aromatic heterocycles. The molecule has 102 heavy (non-hydrogen) atoms. The van der Waals surface area contributed by atoms with Crippen molar-refractivity contribution in [3.8, 4) is 11.1 Å². The Morgan fingerprint density at radius 2 is 1.54 bits per heavy atom. The number of unbranched alkanes of at least 4 members (excludes halogenated alkanes) is 2. The topological polar surface area (TPSA) is 352 Å². The van der Waals surface area contributed by atoms with E-state index < -0.39 is 53.6 Å². The van der Waals surface area contributed by atoms with Crippen LogP contribution in [0.1, 0.15) is 156 Å². The summed E-state index contributed by atoms with van der Waals surface area (Å²) in [5, 5.41) is 40.6. The number of aromatic carboxylic acids is 1. The molecule has 5 heterocycles. The van der Waals surface area contributed by atoms with Gasteiger partial charge in [-0.3, -0.25) is 38.3 Å². The number of para-hydroxylation sites is 1. The fraction of sp³-hybridized carbons (Fsp3) is 0.493. The van der Waals surface area contributed by atoms with Crippen LogP contribution in [0.5, 0.6) is 0 Å². The third-order valence-electron chi connectivity index (χ3n) is 20.5. The first kappa shape index (κ1) is 73.5. The van der Waals surface area contributed by atoms with Crippen LogP contribution < -0.4 is 37.2 Å². The van der Waals surface area contributed by atoms with Crippen LogP contribution in [0, 0.1) is 29.1 Å². The van der Waals surface area contributed by atoms with Gasteiger partial charge in [-0.25, -0.2) is 24.4 Å². The Bertz CT molecular complexity index is 4100. The van der Waals surface area contributed by atoms with E-state index in [1.807, 2.05) is 41.9 Å². The molecule has 26 nitrogen and oxygen atoms in total. The Hall–Kier alpha value is -9.76. The standard InChI is InChI=1S/C75H93N13O13S/c1-47(2)64(84-60(89)19-7-6-10-32-87-61(90)27-28-62(87)91)67(95)81-57(17-12-30-77-69(76)98)66(94)80-52-23-21-49(22-24-52)39-100-71(99)85(31-13-20-63(92)93)34-35-101-75-43-72(4)40-73(5,44-75)42-74(41-72,45-75)46-88-48(3)54(37-79-88)53-25-26-59(83-65(53)68(96)97)86-33-29-50-14-11-15-51(55(50)38-86)36-78-70-82-56-16-8-9-18-58(56)102-70/h8-9,11,14-16,18,21-28,37,47,57,64H,6-7,10,12-13,17,19-20,29-36,38-46H2,1-5H3,(H,78,82)(H,80,94)(H,81,95)(H,84,89)(H,92,93)(H,96,97)(H3,76,77,98)/t57-,64-,72?,73?,74?,75?/m0/s1. The number of imide groups is 1. The number of nitrogens with zero attached hydrogens (tertiary/aromatic N) is 7. The number of hydrogen-bond donors (Lipinski definition) is 8. The molecule has 542 valence electrons. The number of anilines is 3. The third-order valence-corrected chi connectivity index (χ3v) is 21.5. The van der Waals surface area contributed by atoms with Crippen LogP contribution in [0.25, 0.3) is 21.3 Å². The van der Waals surface area contributed by atoms with E-state index in [-0.39, 0.29) is 117 Å². The number of thiazole rings is 1. The highest BCUT2D eigenvalue weighted by Crippen LogP contribution is 2.72. The summed E-state index contributed by atoms with van der Waals surface area (Å²) in [6, 6.07) is 22.0. The van der Waals surface area contributed by atoms with Crippen molar-refractivity contribution in [2.24, 2.45) is 27.9 Å². The Kier molecular flexibility index (Phi) is 22.8. The van der Waals surface area contributed by atoms with E-state index >= 15 is 0 Å². The highest BCUT2D eigenvalue weighted by molar-refractivity contribution is 7.22. The summed E-state index contributed by atoms with van der Waals surface area (Å²) in [5.74, 6) is -4.15. The lowest BCUT2D eigenvalue weighted by molar-refractivity contribution is -0.248. The Labute approximate surface area is 596 Å². The van der Waals surface area contributed by atoms with Gasteiger partial charge < -0.3 is 61.8 Å². The minimum absolute atomic E-state index is 0.0357. The Morgan fingerprint density at radius 1 is 0.784 bits per heavy atom. The first-order valence-electron chi connectivity index (χ1n) is 35.3. The minimum Gasteiger partial charge on any atom is -0.481 e. The van der Waals surface area contributed by atoms with Gasteiger partial charge in [0.05, 0.1) is 28.6 Å². The van der Waals surface area contributed by atoms with Gasteiger partial charge in [-0.15, -0.1) is 0 Å². The zero-order chi connectivity index (χ0) is 72.5. The fourth-order valence-electron chi connectivity index (χ4n) is 16.9. The van der Waals surface area contributed by atoms with Crippen LogP contribution in [-0.4, -0.2) is 150 Å². The average molecular weight is 1420 g/mol. The molecule has 27 heteroatoms. The molecule has 2 unspecified atom stereocenters. The first-order chi connectivity index (χ1) is 48.8. The van der Waals surface area contributed by atoms with E-state index in [4.69, 9.17) is 30.3 Å². The predicted octanol–water partition coefficient (Wildman–Crippen LogP) is 9.87. The van der Waals surface area contributed by atoms with Crippen LogP contribution in [-0.2, 0) is 70.9 Å². The van der Waals surface area contributed by atoms with Crippen molar-refractivity contribution in [1.29, 1.82) is 0 Å². The molecule has 6 aliphatic rings. The van der Waals surface area contributed by atoms with Gasteiger partial charge in [0.25, 0.3) is 11.8 Å². The van der Waals surface area contributed by atoms with Crippen molar-refractivity contribution in [2.75, 3.05) is 54.9 Å². The molecule has 2 aliphatic heterocycles. The molecule has 0 spiro atoms. The molecule has 6 aromatic rings. The van der Waals surface area contributed by atoms with E-state index in [9.17, 15) is 53.4 Å². The zero-order valence-electron chi connectivity index (χ0n) is 58.6. The quantitative estimate of drug-likeness (QED) is 0.0137. The zero-order valence-corrected chi connectivity index (χ0v) is 59.5. The average Bonchev–Trinajstić information content (AvgIpc) is 0.803. The number of pyridine rings is 1. The SMILES string of the molecule is Cc1c(-c2ccc(N3CCc4cccc(CNc5nc6ccccc6s5)c4C3)nc2C(=O)O)cnn1CC12CC3(C)CC(C)(C1)CC(OCCN(CCCC(=O)O)C(=O)OCc1ccc(NC(=O)[C@H](CCCNC(N)=O)NC(=O)[C@@H](NC(=O)CCCCCN4C(=O)C=CC4=O)C(C)C)cc1)(C3)C2. The van der Waals surface area contributed by atoms with Gasteiger partial charge in [-0.2, -0.15) is 5.10 Å². The highest BCUT2D eigenvalue weighted by atomic mass is 32.1. The Balaban J connectivity index is 0.692. The number of fused-ring (bicyclic) bond motifs is 2. The predicted molar refractivity (Wildman–Crippen MR) is 384 cm³/mol. The number of hydrogen-bond acceptors (Lipinski definition) is 17. The number of carbonyl (C=O) groups is 9. The molecule has 9 N–H and O–H groups in total. The summed E-state index contributed by atoms with van der Waals surface area (Å²) in [6.07, 6.45) is 11.8. The molecule has 8 amide bonds. The third kappa shape index (κ3) is 17.9. The minimum atomic E-state index is -1.12. The lowest BCUT2D eigenvalue weighted by Crippen LogP contribution is -2.64. The van der Waals surface area contributed by atoms with Gasteiger partial charge in [0.1, 0.15) is 24.5 Å². The van der Waals surface area contributed by atoms with E-state index in [1.165, 1.54) is 28.2 Å². The molecule has 0 radical (unpaired) electrons. The lowest BCUT2D eigenvalue weighted by Gasteiger charge is -2.69. The molecular formula is C75H93N13O13S. The van der Waals surface area contributed by atoms with Gasteiger partial charge in [0.2, 0.25) is 17.7 Å². The van der Waals surface area contributed by atoms with Crippen molar-refractivity contribution in [1.82, 2.24) is 45.5 Å². The van der Waals surface area contributed by atoms with Crippen LogP contribution in [0.2, 0.25) is 0 Å². The van der Waals surface area contributed by atoms with Crippen LogP contribution in [0.4, 0.5) is 26.2 Å². The molecule has 0 saturated heterocycles. The number of nitrogens with two attached hydrogens (primary N) is 1. The highest BCUT2D eigenvalue weighted by Gasteiger charge is 2.66. The number of primary amides is 1. The smallest absolute Gasteiger partial charge is 0.410 e. The number of carboxylic acid groups (broad SMARTS) is 2. The molecule has 12 rings (SSSR count). The maximum absolute atomic E-state index is 14.0. The number of benzene rings is 3. The summed E-state index contributed by atoms with van der Waals surface area (Å²) in [5.41, 5.74) is 12.0. The van der Waals surface area contributed by atoms with Gasteiger partial charge in [-0.05, 0) is 165 Å². The molecular weight excluding hydrogens is 1320 g/mol.